The van der Waals surface area contributed by atoms with Crippen LogP contribution in [0.1, 0.15) is 77.6 Å². The summed E-state index contributed by atoms with van der Waals surface area (Å²) in [5, 5.41) is 3.20. The molecule has 1 N–H and O–H groups in total. The van der Waals surface area contributed by atoms with E-state index in [0.29, 0.717) is 34.6 Å². The van der Waals surface area contributed by atoms with Crippen molar-refractivity contribution < 1.29 is 23.6 Å². The number of amides is 1. The van der Waals surface area contributed by atoms with Gasteiger partial charge >= 0.3 is 0 Å². The van der Waals surface area contributed by atoms with Crippen molar-refractivity contribution in [1.29, 1.82) is 0 Å². The Bertz CT molecular complexity index is 1770. The molecule has 0 spiro atoms. The molecule has 0 saturated carbocycles. The Kier molecular flexibility index (Phi) is 10.7. The van der Waals surface area contributed by atoms with Gasteiger partial charge in [0, 0.05) is 69.4 Å². The number of benzene rings is 2. The van der Waals surface area contributed by atoms with Crippen molar-refractivity contribution in [3.63, 3.8) is 0 Å². The Balaban J connectivity index is 1.17. The standard InChI is InChI=1S/C36H38ClFN4O4/c1-40-22-25(19-33(43)29-10-9-28(37)21-30(29)38)16-32(40)35(45)20-26-17-31(41(2)23-26)34(44)18-24-7-6-8-27(15-24)36(46)39-11-14-42-12-4-3-5-13-42/h6-10,15-17,21-23H,3-5,11-14,18-20H2,1-2H3,(H,39,46). The van der Waals surface area contributed by atoms with E-state index < -0.39 is 11.6 Å². The third-order valence-electron chi connectivity index (χ3n) is 8.37. The van der Waals surface area contributed by atoms with E-state index in [1.807, 2.05) is 6.07 Å². The summed E-state index contributed by atoms with van der Waals surface area (Å²) in [4.78, 5) is 54.3. The van der Waals surface area contributed by atoms with Crippen LogP contribution in [0.25, 0.3) is 0 Å². The molecule has 10 heteroatoms. The summed E-state index contributed by atoms with van der Waals surface area (Å²) in [5.74, 6) is -1.56. The van der Waals surface area contributed by atoms with Crippen molar-refractivity contribution in [2.45, 2.75) is 38.5 Å². The molecule has 46 heavy (non-hydrogen) atoms. The van der Waals surface area contributed by atoms with Gasteiger partial charge in [-0.3, -0.25) is 19.2 Å². The number of halogens is 2. The molecule has 1 fully saturated rings. The van der Waals surface area contributed by atoms with Crippen molar-refractivity contribution in [3.05, 3.63) is 117 Å². The Morgan fingerprint density at radius 1 is 0.761 bits per heavy atom. The lowest BCUT2D eigenvalue weighted by atomic mass is 10.0. The van der Waals surface area contributed by atoms with Gasteiger partial charge in [-0.1, -0.05) is 30.2 Å². The minimum Gasteiger partial charge on any atom is -0.351 e. The van der Waals surface area contributed by atoms with Gasteiger partial charge in [0.05, 0.1) is 17.0 Å². The number of hydrogen-bond acceptors (Lipinski definition) is 5. The summed E-state index contributed by atoms with van der Waals surface area (Å²) in [6.07, 6.45) is 7.23. The number of aromatic nitrogens is 2. The normalized spacial score (nSPS) is 13.5. The Morgan fingerprint density at radius 3 is 2.00 bits per heavy atom. The van der Waals surface area contributed by atoms with Gasteiger partial charge < -0.3 is 19.4 Å². The van der Waals surface area contributed by atoms with Gasteiger partial charge in [-0.05, 0) is 85.1 Å². The van der Waals surface area contributed by atoms with E-state index >= 15 is 0 Å². The summed E-state index contributed by atoms with van der Waals surface area (Å²) in [5.41, 5.74) is 3.33. The fraction of sp³-hybridized carbons (Fsp3) is 0.333. The van der Waals surface area contributed by atoms with E-state index in [2.05, 4.69) is 10.2 Å². The van der Waals surface area contributed by atoms with E-state index in [9.17, 15) is 23.6 Å². The van der Waals surface area contributed by atoms with Crippen molar-refractivity contribution in [2.24, 2.45) is 14.1 Å². The smallest absolute Gasteiger partial charge is 0.251 e. The number of rotatable bonds is 13. The quantitative estimate of drug-likeness (QED) is 0.190. The fourth-order valence-corrected chi connectivity index (χ4v) is 6.16. The highest BCUT2D eigenvalue weighted by atomic mass is 35.5. The molecular weight excluding hydrogens is 607 g/mol. The molecule has 2 aromatic heterocycles. The number of nitrogens with one attached hydrogen (secondary N) is 1. The molecule has 240 valence electrons. The second kappa shape index (κ2) is 14.8. The van der Waals surface area contributed by atoms with Crippen molar-refractivity contribution in [3.8, 4) is 0 Å². The zero-order valence-electron chi connectivity index (χ0n) is 26.2. The molecule has 2 aromatic carbocycles. The number of hydrogen-bond donors (Lipinski definition) is 1. The lowest BCUT2D eigenvalue weighted by molar-refractivity contribution is 0.0942. The second-order valence-electron chi connectivity index (χ2n) is 12.0. The maximum Gasteiger partial charge on any atom is 0.251 e. The summed E-state index contributed by atoms with van der Waals surface area (Å²) in [7, 11) is 3.47. The summed E-state index contributed by atoms with van der Waals surface area (Å²) < 4.78 is 17.6. The van der Waals surface area contributed by atoms with Gasteiger partial charge in [-0.15, -0.1) is 0 Å². The van der Waals surface area contributed by atoms with Crippen LogP contribution in [0, 0.1) is 5.82 Å². The predicted octanol–water partition coefficient (Wildman–Crippen LogP) is 5.65. The molecule has 0 atom stereocenters. The molecule has 0 unspecified atom stereocenters. The minimum atomic E-state index is -0.684. The Hall–Kier alpha value is -4.34. The molecule has 1 saturated heterocycles. The number of piperidine rings is 1. The van der Waals surface area contributed by atoms with E-state index in [4.69, 9.17) is 11.6 Å². The van der Waals surface area contributed by atoms with Crippen LogP contribution in [0.15, 0.2) is 67.0 Å². The van der Waals surface area contributed by atoms with Crippen LogP contribution in [-0.2, 0) is 33.4 Å². The maximum absolute atomic E-state index is 14.2. The Labute approximate surface area is 273 Å². The molecule has 4 aromatic rings. The van der Waals surface area contributed by atoms with Crippen LogP contribution in [-0.4, -0.2) is 63.5 Å². The van der Waals surface area contributed by atoms with Crippen LogP contribution in [0.5, 0.6) is 0 Å². The van der Waals surface area contributed by atoms with E-state index in [1.54, 1.807) is 66.0 Å². The van der Waals surface area contributed by atoms with Gasteiger partial charge in [-0.25, -0.2) is 4.39 Å². The number of likely N-dealkylation sites (tertiary alicyclic amines) is 1. The van der Waals surface area contributed by atoms with Crippen molar-refractivity contribution >= 4 is 34.9 Å². The molecule has 1 aliphatic rings. The average molecular weight is 645 g/mol. The Morgan fingerprint density at radius 2 is 1.37 bits per heavy atom. The highest BCUT2D eigenvalue weighted by molar-refractivity contribution is 6.30. The van der Waals surface area contributed by atoms with Crippen molar-refractivity contribution in [1.82, 2.24) is 19.4 Å². The largest absolute Gasteiger partial charge is 0.351 e. The number of ketones is 3. The average Bonchev–Trinajstić information content (AvgIpc) is 3.58. The van der Waals surface area contributed by atoms with Crippen LogP contribution in [0.3, 0.4) is 0 Å². The van der Waals surface area contributed by atoms with Gasteiger partial charge in [0.25, 0.3) is 5.91 Å². The zero-order chi connectivity index (χ0) is 32.8. The first kappa shape index (κ1) is 33.0. The molecule has 0 radical (unpaired) electrons. The molecule has 8 nitrogen and oxygen atoms in total. The first-order valence-corrected chi connectivity index (χ1v) is 15.9. The van der Waals surface area contributed by atoms with Crippen LogP contribution >= 0.6 is 11.6 Å². The molecule has 1 aliphatic heterocycles. The number of nitrogens with zero attached hydrogens (tertiary/aromatic N) is 3. The summed E-state index contributed by atoms with van der Waals surface area (Å²) >= 11 is 5.79. The number of carbonyl (C=O) groups excluding carboxylic acids is 4. The summed E-state index contributed by atoms with van der Waals surface area (Å²) in [6, 6.07) is 14.4. The third kappa shape index (κ3) is 8.27. The molecule has 0 aliphatic carbocycles. The zero-order valence-corrected chi connectivity index (χ0v) is 26.9. The first-order chi connectivity index (χ1) is 22.1. The fourth-order valence-electron chi connectivity index (χ4n) is 6.00. The molecule has 1 amide bonds. The van der Waals surface area contributed by atoms with Gasteiger partial charge in [0.15, 0.2) is 17.3 Å². The molecular formula is C36H38ClFN4O4. The molecule has 3 heterocycles. The van der Waals surface area contributed by atoms with Crippen LogP contribution in [0.4, 0.5) is 4.39 Å². The minimum absolute atomic E-state index is 0.0548. The number of carbonyl (C=O) groups is 4. The first-order valence-electron chi connectivity index (χ1n) is 15.5. The highest BCUT2D eigenvalue weighted by Crippen LogP contribution is 2.20. The third-order valence-corrected chi connectivity index (χ3v) is 8.61. The van der Waals surface area contributed by atoms with E-state index in [0.717, 1.165) is 31.3 Å². The number of aryl methyl sites for hydroxylation is 2. The maximum atomic E-state index is 14.2. The molecule has 5 rings (SSSR count). The monoisotopic (exact) mass is 644 g/mol. The van der Waals surface area contributed by atoms with Crippen LogP contribution in [0.2, 0.25) is 5.02 Å². The number of Topliss-reactive ketones (excluding diaryl/α,β-unsaturated/α-hetero) is 3. The lowest BCUT2D eigenvalue weighted by Gasteiger charge is -2.26. The van der Waals surface area contributed by atoms with Gasteiger partial charge in [-0.2, -0.15) is 0 Å². The lowest BCUT2D eigenvalue weighted by Crippen LogP contribution is -2.37. The SMILES string of the molecule is Cn1cc(CC(=O)c2ccc(Cl)cc2F)cc1C(=O)Cc1cc(C(=O)Cc2cccc(C(=O)NCCN3CCCCC3)c2)n(C)c1. The second-order valence-corrected chi connectivity index (χ2v) is 12.4. The summed E-state index contributed by atoms with van der Waals surface area (Å²) in [6.45, 7) is 3.57. The van der Waals surface area contributed by atoms with Crippen LogP contribution < -0.4 is 5.32 Å². The van der Waals surface area contributed by atoms with E-state index in [1.165, 1.54) is 31.4 Å². The van der Waals surface area contributed by atoms with Crippen molar-refractivity contribution in [2.75, 3.05) is 26.2 Å². The molecule has 0 bridgehead atoms. The highest BCUT2D eigenvalue weighted by Gasteiger charge is 2.20. The van der Waals surface area contributed by atoms with Gasteiger partial charge in [0.1, 0.15) is 5.82 Å². The topological polar surface area (TPSA) is 93.4 Å². The van der Waals surface area contributed by atoms with E-state index in [-0.39, 0.29) is 47.3 Å². The van der Waals surface area contributed by atoms with Gasteiger partial charge in [0.2, 0.25) is 0 Å². The predicted molar refractivity (Wildman–Crippen MR) is 175 cm³/mol.